The van der Waals surface area contributed by atoms with Crippen molar-refractivity contribution in [2.75, 3.05) is 19.7 Å². The number of ether oxygens (including phenoxy) is 2. The van der Waals surface area contributed by atoms with E-state index in [-0.39, 0.29) is 17.7 Å². The maximum Gasteiger partial charge on any atom is 0.191 e. The number of halogens is 1. The van der Waals surface area contributed by atoms with Gasteiger partial charge in [0, 0.05) is 30.5 Å². The molecule has 148 valence electrons. The molecule has 2 saturated carbocycles. The molecule has 3 fully saturated rings. The minimum Gasteiger partial charge on any atom is -0.486 e. The Bertz CT molecular complexity index is 692. The molecule has 2 N–H and O–H groups in total. The van der Waals surface area contributed by atoms with Crippen LogP contribution in [0.25, 0.3) is 0 Å². The smallest absolute Gasteiger partial charge is 0.191 e. The Morgan fingerprint density at radius 3 is 2.93 bits per heavy atom. The van der Waals surface area contributed by atoms with Crippen LogP contribution < -0.4 is 15.4 Å². The highest BCUT2D eigenvalue weighted by Crippen LogP contribution is 2.62. The van der Waals surface area contributed by atoms with Gasteiger partial charge in [-0.1, -0.05) is 18.6 Å². The first kappa shape index (κ1) is 18.5. The van der Waals surface area contributed by atoms with Gasteiger partial charge in [-0.15, -0.1) is 0 Å². The highest BCUT2D eigenvalue weighted by molar-refractivity contribution is 5.80. The van der Waals surface area contributed by atoms with Crippen LogP contribution in [0.1, 0.15) is 39.5 Å². The monoisotopic (exact) mass is 375 g/mol. The van der Waals surface area contributed by atoms with Crippen LogP contribution in [0.3, 0.4) is 0 Å². The molecule has 0 aromatic heterocycles. The van der Waals surface area contributed by atoms with E-state index in [0.29, 0.717) is 30.0 Å². The van der Waals surface area contributed by atoms with Crippen molar-refractivity contribution >= 4 is 5.96 Å². The molecule has 1 spiro atoms. The SMILES string of the molecule is CCNC(=NCC(C)Oc1ccccc1F)NC1C2CCOC2C12CCC2. The molecule has 4 atom stereocenters. The summed E-state index contributed by atoms with van der Waals surface area (Å²) >= 11 is 0. The van der Waals surface area contributed by atoms with Crippen molar-refractivity contribution < 1.29 is 13.9 Å². The topological polar surface area (TPSA) is 54.9 Å². The molecule has 1 saturated heterocycles. The number of guanidine groups is 1. The van der Waals surface area contributed by atoms with Gasteiger partial charge in [0.15, 0.2) is 17.5 Å². The summed E-state index contributed by atoms with van der Waals surface area (Å²) in [6.45, 7) is 6.14. The molecule has 0 bridgehead atoms. The minimum atomic E-state index is -0.341. The van der Waals surface area contributed by atoms with E-state index in [2.05, 4.69) is 17.6 Å². The van der Waals surface area contributed by atoms with Crippen LogP contribution in [0.5, 0.6) is 5.75 Å². The van der Waals surface area contributed by atoms with Gasteiger partial charge < -0.3 is 20.1 Å². The summed E-state index contributed by atoms with van der Waals surface area (Å²) in [5.41, 5.74) is 0.312. The lowest BCUT2D eigenvalue weighted by Gasteiger charge is -2.63. The van der Waals surface area contributed by atoms with E-state index < -0.39 is 0 Å². The average molecular weight is 375 g/mol. The Morgan fingerprint density at radius 2 is 2.22 bits per heavy atom. The Balaban J connectivity index is 1.38. The number of hydrogen-bond donors (Lipinski definition) is 2. The lowest BCUT2D eigenvalue weighted by molar-refractivity contribution is -0.171. The Kier molecular flexibility index (Phi) is 5.26. The Hall–Kier alpha value is -1.82. The van der Waals surface area contributed by atoms with Crippen LogP contribution in [-0.4, -0.2) is 43.9 Å². The van der Waals surface area contributed by atoms with Gasteiger partial charge in [0.1, 0.15) is 6.10 Å². The molecule has 1 aromatic carbocycles. The summed E-state index contributed by atoms with van der Waals surface area (Å²) in [5, 5.41) is 7.03. The van der Waals surface area contributed by atoms with Gasteiger partial charge in [-0.25, -0.2) is 9.38 Å². The van der Waals surface area contributed by atoms with Gasteiger partial charge in [-0.2, -0.15) is 0 Å². The molecular formula is C21H30FN3O2. The first-order valence-corrected chi connectivity index (χ1v) is 10.2. The van der Waals surface area contributed by atoms with E-state index in [1.807, 2.05) is 6.92 Å². The third-order valence-electron chi connectivity index (χ3n) is 6.34. The second kappa shape index (κ2) is 7.66. The summed E-state index contributed by atoms with van der Waals surface area (Å²) in [4.78, 5) is 4.71. The lowest BCUT2D eigenvalue weighted by Crippen LogP contribution is -2.72. The van der Waals surface area contributed by atoms with Gasteiger partial charge in [0.2, 0.25) is 0 Å². The van der Waals surface area contributed by atoms with E-state index in [0.717, 1.165) is 25.5 Å². The summed E-state index contributed by atoms with van der Waals surface area (Å²) < 4.78 is 25.5. The van der Waals surface area contributed by atoms with Gasteiger partial charge in [-0.3, -0.25) is 0 Å². The molecule has 5 nitrogen and oxygen atoms in total. The number of nitrogens with zero attached hydrogens (tertiary/aromatic N) is 1. The zero-order valence-corrected chi connectivity index (χ0v) is 16.2. The molecule has 3 aliphatic rings. The first-order chi connectivity index (χ1) is 13.1. The molecule has 6 heteroatoms. The zero-order valence-electron chi connectivity index (χ0n) is 16.2. The third kappa shape index (κ3) is 3.40. The van der Waals surface area contributed by atoms with Crippen molar-refractivity contribution in [2.24, 2.45) is 16.3 Å². The van der Waals surface area contributed by atoms with Gasteiger partial charge >= 0.3 is 0 Å². The summed E-state index contributed by atoms with van der Waals surface area (Å²) in [6, 6.07) is 6.93. The van der Waals surface area contributed by atoms with Crippen molar-refractivity contribution in [1.29, 1.82) is 0 Å². The number of nitrogens with one attached hydrogen (secondary N) is 2. The van der Waals surface area contributed by atoms with Gasteiger partial charge in [0.05, 0.1) is 12.6 Å². The van der Waals surface area contributed by atoms with Crippen molar-refractivity contribution in [1.82, 2.24) is 10.6 Å². The molecule has 1 aliphatic heterocycles. The normalized spacial score (nSPS) is 29.4. The molecule has 2 aliphatic carbocycles. The predicted octanol–water partition coefficient (Wildman–Crippen LogP) is 3.11. The van der Waals surface area contributed by atoms with E-state index >= 15 is 0 Å². The van der Waals surface area contributed by atoms with E-state index in [1.54, 1.807) is 18.2 Å². The third-order valence-corrected chi connectivity index (χ3v) is 6.34. The van der Waals surface area contributed by atoms with Crippen LogP contribution in [0, 0.1) is 17.2 Å². The minimum absolute atomic E-state index is 0.209. The van der Waals surface area contributed by atoms with Gasteiger partial charge in [0.25, 0.3) is 0 Å². The fourth-order valence-corrected chi connectivity index (χ4v) is 4.94. The summed E-state index contributed by atoms with van der Waals surface area (Å²) in [6.07, 6.45) is 5.16. The lowest BCUT2D eigenvalue weighted by atomic mass is 9.46. The Morgan fingerprint density at radius 1 is 1.41 bits per heavy atom. The van der Waals surface area contributed by atoms with Crippen molar-refractivity contribution in [3.63, 3.8) is 0 Å². The van der Waals surface area contributed by atoms with Crippen molar-refractivity contribution in [3.8, 4) is 5.75 Å². The fraction of sp³-hybridized carbons (Fsp3) is 0.667. The van der Waals surface area contributed by atoms with Crippen LogP contribution in [0.2, 0.25) is 0 Å². The van der Waals surface area contributed by atoms with Crippen LogP contribution in [0.15, 0.2) is 29.3 Å². The zero-order chi connectivity index (χ0) is 18.9. The number of rotatable bonds is 6. The van der Waals surface area contributed by atoms with Crippen molar-refractivity contribution in [2.45, 2.75) is 57.8 Å². The van der Waals surface area contributed by atoms with Crippen LogP contribution >= 0.6 is 0 Å². The standard InChI is InChI=1S/C21H30FN3O2/c1-3-23-20(24-13-14(2)27-17-8-5-4-7-16(17)22)25-18-15-9-12-26-19(15)21(18)10-6-11-21/h4-5,7-8,14-15,18-19H,3,6,9-13H2,1-2H3,(H2,23,24,25). The van der Waals surface area contributed by atoms with E-state index in [4.69, 9.17) is 14.5 Å². The molecule has 4 rings (SSSR count). The quantitative estimate of drug-likeness (QED) is 0.593. The average Bonchev–Trinajstić information content (AvgIpc) is 3.03. The Labute approximate surface area is 160 Å². The summed E-state index contributed by atoms with van der Waals surface area (Å²) in [7, 11) is 0. The van der Waals surface area contributed by atoms with Crippen molar-refractivity contribution in [3.05, 3.63) is 30.1 Å². The molecule has 1 aromatic rings. The van der Waals surface area contributed by atoms with E-state index in [1.165, 1.54) is 25.3 Å². The molecule has 4 unspecified atom stereocenters. The number of aliphatic imine (C=N–C) groups is 1. The maximum absolute atomic E-state index is 13.8. The van der Waals surface area contributed by atoms with E-state index in [9.17, 15) is 4.39 Å². The highest BCUT2D eigenvalue weighted by atomic mass is 19.1. The maximum atomic E-state index is 13.8. The fourth-order valence-electron chi connectivity index (χ4n) is 4.94. The van der Waals surface area contributed by atoms with Crippen LogP contribution in [-0.2, 0) is 4.74 Å². The number of hydrogen-bond acceptors (Lipinski definition) is 3. The molecule has 1 heterocycles. The first-order valence-electron chi connectivity index (χ1n) is 10.2. The molecule has 27 heavy (non-hydrogen) atoms. The second-order valence-corrected chi connectivity index (χ2v) is 8.03. The predicted molar refractivity (Wildman–Crippen MR) is 104 cm³/mol. The van der Waals surface area contributed by atoms with Crippen LogP contribution in [0.4, 0.5) is 4.39 Å². The summed E-state index contributed by atoms with van der Waals surface area (Å²) in [5.74, 6) is 1.35. The number of fused-ring (bicyclic) bond motifs is 2. The highest BCUT2D eigenvalue weighted by Gasteiger charge is 2.66. The van der Waals surface area contributed by atoms with Gasteiger partial charge in [-0.05, 0) is 45.2 Å². The second-order valence-electron chi connectivity index (χ2n) is 8.03. The number of para-hydroxylation sites is 1. The molecular weight excluding hydrogens is 345 g/mol. The molecule has 0 radical (unpaired) electrons. The largest absolute Gasteiger partial charge is 0.486 e. The molecule has 0 amide bonds. The number of benzene rings is 1.